The summed E-state index contributed by atoms with van der Waals surface area (Å²) in [6, 6.07) is 11.4. The molecule has 3 aromatic rings. The Balaban J connectivity index is 1.69. The Morgan fingerprint density at radius 3 is 2.54 bits per heavy atom. The van der Waals surface area contributed by atoms with E-state index < -0.39 is 9.84 Å². The number of pyridine rings is 1. The van der Waals surface area contributed by atoms with E-state index >= 15 is 0 Å². The van der Waals surface area contributed by atoms with Gasteiger partial charge in [-0.3, -0.25) is 4.79 Å². The third-order valence-corrected chi connectivity index (χ3v) is 4.74. The highest BCUT2D eigenvalue weighted by molar-refractivity contribution is 7.90. The number of hydrogen-bond donors (Lipinski definition) is 1. The zero-order chi connectivity index (χ0) is 18.7. The molecule has 0 aliphatic carbocycles. The van der Waals surface area contributed by atoms with E-state index in [0.29, 0.717) is 11.3 Å². The number of carbonyl (C=O) groups is 1. The lowest BCUT2D eigenvalue weighted by Crippen LogP contribution is -2.24. The van der Waals surface area contributed by atoms with Crippen LogP contribution in [0.25, 0.3) is 5.82 Å². The summed E-state index contributed by atoms with van der Waals surface area (Å²) < 4.78 is 24.4. The molecule has 26 heavy (non-hydrogen) atoms. The van der Waals surface area contributed by atoms with Gasteiger partial charge in [-0.1, -0.05) is 23.7 Å². The van der Waals surface area contributed by atoms with Crippen molar-refractivity contribution in [1.29, 1.82) is 0 Å². The lowest BCUT2D eigenvalue weighted by molar-refractivity contribution is 0.0946. The lowest BCUT2D eigenvalue weighted by atomic mass is 10.0. The smallest absolute Gasteiger partial charge is 0.270 e. The second kappa shape index (κ2) is 7.13. The van der Waals surface area contributed by atoms with Crippen molar-refractivity contribution in [2.24, 2.45) is 0 Å². The molecule has 3 rings (SSSR count). The average molecular weight is 366 g/mol. The van der Waals surface area contributed by atoms with Crippen molar-refractivity contribution >= 4 is 29.1 Å². The summed E-state index contributed by atoms with van der Waals surface area (Å²) in [5, 5.41) is 6.81. The van der Waals surface area contributed by atoms with Gasteiger partial charge in [-0.25, -0.2) is 18.1 Å². The second-order valence-corrected chi connectivity index (χ2v) is 7.71. The largest absolute Gasteiger partial charge is 0.347 e. The summed E-state index contributed by atoms with van der Waals surface area (Å²) in [5.41, 5.74) is 1.52. The van der Waals surface area contributed by atoms with Crippen molar-refractivity contribution in [1.82, 2.24) is 20.1 Å². The quantitative estimate of drug-likeness (QED) is 0.660. The number of nitrogens with one attached hydrogen (secondary N) is 1. The molecule has 0 saturated heterocycles. The Bertz CT molecular complexity index is 1050. The molecule has 1 aromatic carbocycles. The molecule has 0 bridgehead atoms. The van der Waals surface area contributed by atoms with Gasteiger partial charge in [-0.15, -0.1) is 0 Å². The highest BCUT2D eigenvalue weighted by Gasteiger charge is 2.10. The van der Waals surface area contributed by atoms with Crippen molar-refractivity contribution in [2.75, 3.05) is 6.26 Å². The van der Waals surface area contributed by atoms with Crippen LogP contribution in [0, 0.1) is 0 Å². The Morgan fingerprint density at radius 2 is 1.92 bits per heavy atom. The number of amides is 1. The minimum atomic E-state index is -3.24. The van der Waals surface area contributed by atoms with Gasteiger partial charge in [0.25, 0.3) is 5.91 Å². The number of aromatic nitrogens is 3. The van der Waals surface area contributed by atoms with Gasteiger partial charge < -0.3 is 5.32 Å². The monoisotopic (exact) mass is 366 g/mol. The van der Waals surface area contributed by atoms with Crippen molar-refractivity contribution in [3.8, 4) is 5.82 Å². The average Bonchev–Trinajstić information content (AvgIpc) is 3.06. The first-order valence-electron chi connectivity index (χ1n) is 7.68. The maximum Gasteiger partial charge on any atom is 0.270 e. The predicted molar refractivity (Wildman–Crippen MR) is 97.5 cm³/mol. The third kappa shape index (κ3) is 4.18. The van der Waals surface area contributed by atoms with Gasteiger partial charge in [0.1, 0.15) is 13.5 Å². The molecule has 2 heterocycles. The number of carbonyl (C=O) groups excluding carboxylic acids is 1. The van der Waals surface area contributed by atoms with Crippen LogP contribution in [0.15, 0.2) is 59.8 Å². The summed E-state index contributed by atoms with van der Waals surface area (Å²) in [6.07, 6.45) is 4.25. The van der Waals surface area contributed by atoms with E-state index in [-0.39, 0.29) is 23.0 Å². The second-order valence-electron chi connectivity index (χ2n) is 5.70. The SMILES string of the molecule is [B]c1cnn(-c2cccc(C(=O)NCc3ccc(S(C)(=O)=O)cc3)n2)c1. The zero-order valence-corrected chi connectivity index (χ0v) is 14.8. The minimum absolute atomic E-state index is 0.237. The van der Waals surface area contributed by atoms with Crippen LogP contribution in [0.2, 0.25) is 0 Å². The summed E-state index contributed by atoms with van der Waals surface area (Å²) >= 11 is 0. The lowest BCUT2D eigenvalue weighted by Gasteiger charge is -2.07. The van der Waals surface area contributed by atoms with Crippen molar-refractivity contribution < 1.29 is 13.2 Å². The number of nitrogens with zero attached hydrogens (tertiary/aromatic N) is 3. The first-order valence-corrected chi connectivity index (χ1v) is 9.57. The summed E-state index contributed by atoms with van der Waals surface area (Å²) in [6.45, 7) is 0.253. The number of hydrogen-bond acceptors (Lipinski definition) is 5. The van der Waals surface area contributed by atoms with E-state index in [2.05, 4.69) is 15.4 Å². The van der Waals surface area contributed by atoms with Crippen LogP contribution in [-0.4, -0.2) is 43.2 Å². The number of sulfone groups is 1. The van der Waals surface area contributed by atoms with Gasteiger partial charge in [0, 0.05) is 25.2 Å². The number of rotatable bonds is 5. The minimum Gasteiger partial charge on any atom is -0.347 e. The van der Waals surface area contributed by atoms with E-state index in [1.54, 1.807) is 36.5 Å². The molecular weight excluding hydrogens is 351 g/mol. The molecular formula is C17H15BN4O3S. The molecule has 2 aromatic heterocycles. The van der Waals surface area contributed by atoms with Crippen LogP contribution in [-0.2, 0) is 16.4 Å². The summed E-state index contributed by atoms with van der Waals surface area (Å²) in [5.74, 6) is 0.131. The fraction of sp³-hybridized carbons (Fsp3) is 0.118. The molecule has 0 fully saturated rings. The highest BCUT2D eigenvalue weighted by atomic mass is 32.2. The Kier molecular flexibility index (Phi) is 4.90. The van der Waals surface area contributed by atoms with Crippen LogP contribution in [0.3, 0.4) is 0 Å². The fourth-order valence-electron chi connectivity index (χ4n) is 2.27. The molecule has 0 aliphatic heterocycles. The Labute approximate surface area is 152 Å². The van der Waals surface area contributed by atoms with Crippen LogP contribution in [0.4, 0.5) is 0 Å². The van der Waals surface area contributed by atoms with E-state index in [1.807, 2.05) is 0 Å². The van der Waals surface area contributed by atoms with Gasteiger partial charge >= 0.3 is 0 Å². The first-order chi connectivity index (χ1) is 12.3. The van der Waals surface area contributed by atoms with Gasteiger partial charge in [0.15, 0.2) is 15.7 Å². The normalized spacial score (nSPS) is 11.3. The van der Waals surface area contributed by atoms with Crippen LogP contribution >= 0.6 is 0 Å². The molecule has 9 heteroatoms. The maximum atomic E-state index is 12.3. The number of benzene rings is 1. The third-order valence-electron chi connectivity index (χ3n) is 3.61. The predicted octanol–water partition coefficient (Wildman–Crippen LogP) is 0.395. The molecule has 2 radical (unpaired) electrons. The molecule has 7 nitrogen and oxygen atoms in total. The van der Waals surface area contributed by atoms with Gasteiger partial charge in [-0.05, 0) is 29.8 Å². The van der Waals surface area contributed by atoms with Crippen LogP contribution < -0.4 is 10.8 Å². The summed E-state index contributed by atoms with van der Waals surface area (Å²) in [4.78, 5) is 16.8. The topological polar surface area (TPSA) is 94.0 Å². The van der Waals surface area contributed by atoms with Crippen LogP contribution in [0.1, 0.15) is 16.1 Å². The zero-order valence-electron chi connectivity index (χ0n) is 14.0. The Hall–Kier alpha value is -2.94. The molecule has 1 amide bonds. The summed E-state index contributed by atoms with van der Waals surface area (Å²) in [7, 11) is 2.40. The molecule has 130 valence electrons. The van der Waals surface area contributed by atoms with Crippen molar-refractivity contribution in [3.05, 3.63) is 66.1 Å². The fourth-order valence-corrected chi connectivity index (χ4v) is 2.90. The molecule has 0 saturated carbocycles. The molecule has 0 aliphatic rings. The van der Waals surface area contributed by atoms with E-state index in [9.17, 15) is 13.2 Å². The highest BCUT2D eigenvalue weighted by Crippen LogP contribution is 2.10. The molecule has 0 unspecified atom stereocenters. The maximum absolute atomic E-state index is 12.3. The van der Waals surface area contributed by atoms with E-state index in [0.717, 1.165) is 11.8 Å². The van der Waals surface area contributed by atoms with E-state index in [4.69, 9.17) is 7.85 Å². The van der Waals surface area contributed by atoms with E-state index in [1.165, 1.54) is 23.0 Å². The van der Waals surface area contributed by atoms with Crippen LogP contribution in [0.5, 0.6) is 0 Å². The molecule has 0 spiro atoms. The van der Waals surface area contributed by atoms with Gasteiger partial charge in [0.05, 0.1) is 4.90 Å². The van der Waals surface area contributed by atoms with Gasteiger partial charge in [-0.2, -0.15) is 5.10 Å². The van der Waals surface area contributed by atoms with Gasteiger partial charge in [0.2, 0.25) is 0 Å². The molecule has 1 N–H and O–H groups in total. The molecule has 0 atom stereocenters. The van der Waals surface area contributed by atoms with Crippen molar-refractivity contribution in [2.45, 2.75) is 11.4 Å². The standard InChI is InChI=1S/C17H15BN4O3S/c1-26(24,25)14-7-5-12(6-8-14)9-19-17(23)15-3-2-4-16(21-15)22-11-13(18)10-20-22/h2-8,10-11H,9H2,1H3,(H,19,23). The first kappa shape index (κ1) is 17.9. The van der Waals surface area contributed by atoms with Crippen molar-refractivity contribution in [3.63, 3.8) is 0 Å². The Morgan fingerprint density at radius 1 is 1.19 bits per heavy atom.